The van der Waals surface area contributed by atoms with Crippen molar-refractivity contribution in [2.45, 2.75) is 18.7 Å². The van der Waals surface area contributed by atoms with Crippen molar-refractivity contribution in [1.29, 1.82) is 0 Å². The van der Waals surface area contributed by atoms with Crippen molar-refractivity contribution in [3.63, 3.8) is 0 Å². The Morgan fingerprint density at radius 2 is 1.93 bits per heavy atom. The summed E-state index contributed by atoms with van der Waals surface area (Å²) in [5.74, 6) is 0. The van der Waals surface area contributed by atoms with Crippen LogP contribution in [0.5, 0.6) is 0 Å². The smallest absolute Gasteiger partial charge is 0.210 e. The largest absolute Gasteiger partial charge is 0.292 e. The zero-order valence-corrected chi connectivity index (χ0v) is 8.63. The average molecular weight is 211 g/mol. The molecule has 0 saturated heterocycles. The second-order valence-electron chi connectivity index (χ2n) is 2.86. The van der Waals surface area contributed by atoms with Gasteiger partial charge in [-0.1, -0.05) is 16.5 Å². The molecule has 1 aromatic rings. The molecule has 0 amide bonds. The van der Waals surface area contributed by atoms with Crippen LogP contribution < -0.4 is 0 Å². The predicted octanol–water partition coefficient (Wildman–Crippen LogP) is 1.33. The van der Waals surface area contributed by atoms with Crippen LogP contribution in [0.25, 0.3) is 0 Å². The summed E-state index contributed by atoms with van der Waals surface area (Å²) in [5.41, 5.74) is 1.44. The van der Waals surface area contributed by atoms with E-state index >= 15 is 0 Å². The molecule has 0 aliphatic carbocycles. The predicted molar refractivity (Wildman–Crippen MR) is 51.2 cm³/mol. The maximum atomic E-state index is 11.4. The Bertz CT molecular complexity index is 499. The number of carbonyl (C=O) groups excluding carboxylic acids is 1. The summed E-state index contributed by atoms with van der Waals surface area (Å²) in [7, 11) is -3.86. The van der Waals surface area contributed by atoms with Crippen molar-refractivity contribution < 1.29 is 13.2 Å². The fourth-order valence-electron chi connectivity index (χ4n) is 1.10. The van der Waals surface area contributed by atoms with Crippen LogP contribution in [0.3, 0.4) is 0 Å². The van der Waals surface area contributed by atoms with Gasteiger partial charge in [0.25, 0.3) is 16.1 Å². The van der Waals surface area contributed by atoms with Crippen LogP contribution in [0.1, 0.15) is 11.1 Å². The van der Waals surface area contributed by atoms with Gasteiger partial charge >= 0.3 is 0 Å². The Morgan fingerprint density at radius 3 is 2.50 bits per heavy atom. The molecule has 1 rings (SSSR count). The molecule has 5 heteroatoms. The molecule has 0 N–H and O–H groups in total. The highest BCUT2D eigenvalue weighted by atomic mass is 32.2. The summed E-state index contributed by atoms with van der Waals surface area (Å²) >= 11 is 0. The summed E-state index contributed by atoms with van der Waals surface area (Å²) in [6.45, 7) is 3.46. The number of rotatable bonds is 2. The molecular weight excluding hydrogens is 202 g/mol. The lowest BCUT2D eigenvalue weighted by atomic mass is 10.1. The fraction of sp³-hybridized carbons (Fsp3) is 0.222. The molecule has 0 aliphatic rings. The van der Waals surface area contributed by atoms with Gasteiger partial charge in [0.15, 0.2) is 0 Å². The van der Waals surface area contributed by atoms with E-state index in [2.05, 4.69) is 4.40 Å². The van der Waals surface area contributed by atoms with Gasteiger partial charge in [0, 0.05) is 0 Å². The molecular formula is C9H9NO3S. The fourth-order valence-corrected chi connectivity index (χ4v) is 2.10. The number of hydrogen-bond acceptors (Lipinski definition) is 3. The van der Waals surface area contributed by atoms with E-state index in [1.54, 1.807) is 26.0 Å². The summed E-state index contributed by atoms with van der Waals surface area (Å²) < 4.78 is 25.5. The molecule has 0 unspecified atom stereocenters. The van der Waals surface area contributed by atoms with Crippen molar-refractivity contribution >= 4 is 16.1 Å². The Hall–Kier alpha value is -1.45. The second-order valence-corrected chi connectivity index (χ2v) is 4.43. The second kappa shape index (κ2) is 3.74. The van der Waals surface area contributed by atoms with Crippen LogP contribution in [-0.2, 0) is 14.8 Å². The molecule has 0 aliphatic heterocycles. The van der Waals surface area contributed by atoms with E-state index in [1.807, 2.05) is 0 Å². The molecule has 0 atom stereocenters. The van der Waals surface area contributed by atoms with Gasteiger partial charge in [0.1, 0.15) is 0 Å². The van der Waals surface area contributed by atoms with Gasteiger partial charge in [0.05, 0.1) is 4.90 Å². The summed E-state index contributed by atoms with van der Waals surface area (Å²) in [6.07, 6.45) is 1.04. The number of hydrogen-bond donors (Lipinski definition) is 0. The Labute approximate surface area is 82.3 Å². The summed E-state index contributed by atoms with van der Waals surface area (Å²) in [4.78, 5) is 9.98. The van der Waals surface area contributed by atoms with E-state index in [4.69, 9.17) is 0 Å². The number of nitrogens with zero attached hydrogens (tertiary/aromatic N) is 1. The van der Waals surface area contributed by atoms with Gasteiger partial charge in [0.2, 0.25) is 0 Å². The third kappa shape index (κ3) is 1.89. The van der Waals surface area contributed by atoms with Crippen LogP contribution in [0.15, 0.2) is 27.5 Å². The van der Waals surface area contributed by atoms with Gasteiger partial charge < -0.3 is 0 Å². The molecule has 0 saturated carbocycles. The molecule has 1 aromatic carbocycles. The molecule has 0 radical (unpaired) electrons. The lowest BCUT2D eigenvalue weighted by molar-refractivity contribution is 0.563. The van der Waals surface area contributed by atoms with Crippen LogP contribution in [-0.4, -0.2) is 14.5 Å². The molecule has 0 aromatic heterocycles. The normalized spacial score (nSPS) is 10.7. The minimum atomic E-state index is -3.86. The van der Waals surface area contributed by atoms with Gasteiger partial charge in [-0.2, -0.15) is 8.42 Å². The van der Waals surface area contributed by atoms with Crippen molar-refractivity contribution in [3.8, 4) is 0 Å². The minimum Gasteiger partial charge on any atom is -0.210 e. The topological polar surface area (TPSA) is 63.6 Å². The van der Waals surface area contributed by atoms with E-state index in [9.17, 15) is 13.2 Å². The monoisotopic (exact) mass is 211 g/mol. The van der Waals surface area contributed by atoms with E-state index in [0.29, 0.717) is 5.56 Å². The van der Waals surface area contributed by atoms with Gasteiger partial charge in [-0.25, -0.2) is 4.79 Å². The van der Waals surface area contributed by atoms with Gasteiger partial charge in [-0.05, 0) is 31.0 Å². The maximum absolute atomic E-state index is 11.4. The average Bonchev–Trinajstić information content (AvgIpc) is 2.09. The minimum absolute atomic E-state index is 0.0563. The quantitative estimate of drug-likeness (QED) is 0.547. The third-order valence-corrected chi connectivity index (χ3v) is 3.30. The van der Waals surface area contributed by atoms with Gasteiger partial charge in [-0.3, -0.25) is 0 Å². The Kier molecular flexibility index (Phi) is 2.84. The first-order valence-electron chi connectivity index (χ1n) is 3.89. The van der Waals surface area contributed by atoms with Gasteiger partial charge in [-0.15, -0.1) is 0 Å². The summed E-state index contributed by atoms with van der Waals surface area (Å²) in [5, 5.41) is 0. The Morgan fingerprint density at radius 1 is 1.29 bits per heavy atom. The summed E-state index contributed by atoms with van der Waals surface area (Å²) in [6, 6.07) is 4.81. The number of aryl methyl sites for hydroxylation is 1. The highest BCUT2D eigenvalue weighted by molar-refractivity contribution is 7.90. The molecule has 0 heterocycles. The molecule has 0 spiro atoms. The number of sulfonamides is 1. The van der Waals surface area contributed by atoms with Crippen molar-refractivity contribution in [2.24, 2.45) is 4.40 Å². The van der Waals surface area contributed by atoms with E-state index in [-0.39, 0.29) is 4.90 Å². The maximum Gasteiger partial charge on any atom is 0.292 e. The lowest BCUT2D eigenvalue weighted by Crippen LogP contribution is -2.00. The van der Waals surface area contributed by atoms with Crippen molar-refractivity contribution in [2.75, 3.05) is 0 Å². The molecule has 4 nitrogen and oxygen atoms in total. The SMILES string of the molecule is Cc1cccc(S(=O)(=O)N=C=O)c1C. The standard InChI is InChI=1S/C9H9NO3S/c1-7-4-3-5-9(8(7)2)14(12,13)10-6-11/h3-5H,1-2H3. The van der Waals surface area contributed by atoms with Crippen LogP contribution in [0.4, 0.5) is 0 Å². The molecule has 0 fully saturated rings. The van der Waals surface area contributed by atoms with Crippen LogP contribution in [0.2, 0.25) is 0 Å². The first-order chi connectivity index (χ1) is 6.49. The molecule has 74 valence electrons. The third-order valence-electron chi connectivity index (χ3n) is 1.99. The van der Waals surface area contributed by atoms with Crippen molar-refractivity contribution in [1.82, 2.24) is 0 Å². The lowest BCUT2D eigenvalue weighted by Gasteiger charge is -2.04. The highest BCUT2D eigenvalue weighted by Gasteiger charge is 2.15. The number of benzene rings is 1. The first-order valence-corrected chi connectivity index (χ1v) is 5.33. The van der Waals surface area contributed by atoms with Crippen LogP contribution >= 0.6 is 0 Å². The number of isocyanates is 1. The van der Waals surface area contributed by atoms with Crippen molar-refractivity contribution in [3.05, 3.63) is 29.3 Å². The van der Waals surface area contributed by atoms with E-state index in [1.165, 1.54) is 6.07 Å². The molecule has 14 heavy (non-hydrogen) atoms. The van der Waals surface area contributed by atoms with Crippen LogP contribution in [0, 0.1) is 13.8 Å². The first kappa shape index (κ1) is 10.6. The van der Waals surface area contributed by atoms with E-state index < -0.39 is 10.0 Å². The zero-order valence-electron chi connectivity index (χ0n) is 7.81. The zero-order chi connectivity index (χ0) is 10.8. The molecule has 0 bridgehead atoms. The Balaban J connectivity index is 3.49. The highest BCUT2D eigenvalue weighted by Crippen LogP contribution is 2.19. The van der Waals surface area contributed by atoms with E-state index in [0.717, 1.165) is 11.6 Å².